The second-order valence-electron chi connectivity index (χ2n) is 6.57. The summed E-state index contributed by atoms with van der Waals surface area (Å²) >= 11 is 11.4. The van der Waals surface area contributed by atoms with Crippen molar-refractivity contribution in [1.29, 1.82) is 0 Å². The molecule has 6 heteroatoms. The topological polar surface area (TPSA) is 37.0 Å². The highest BCUT2D eigenvalue weighted by Gasteiger charge is 2.35. The Morgan fingerprint density at radius 2 is 1.88 bits per heavy atom. The lowest BCUT2D eigenvalue weighted by Gasteiger charge is -2.30. The van der Waals surface area contributed by atoms with Crippen molar-refractivity contribution in [2.45, 2.75) is 38.0 Å². The van der Waals surface area contributed by atoms with Crippen LogP contribution in [0.1, 0.15) is 36.9 Å². The van der Waals surface area contributed by atoms with E-state index in [1.807, 2.05) is 19.1 Å². The molecule has 0 saturated heterocycles. The molecular weight excluding hydrogens is 357 g/mol. The lowest BCUT2D eigenvalue weighted by Crippen LogP contribution is -2.40. The van der Waals surface area contributed by atoms with E-state index in [9.17, 15) is 4.39 Å². The van der Waals surface area contributed by atoms with Gasteiger partial charge in [0, 0.05) is 12.0 Å². The molecule has 1 aromatic carbocycles. The van der Waals surface area contributed by atoms with Crippen LogP contribution < -0.4 is 10.6 Å². The zero-order valence-electron chi connectivity index (χ0n) is 14.1. The summed E-state index contributed by atoms with van der Waals surface area (Å²) < 4.78 is 13.3. The Morgan fingerprint density at radius 1 is 1.20 bits per heavy atom. The van der Waals surface area contributed by atoms with Crippen molar-refractivity contribution < 1.29 is 4.39 Å². The van der Waals surface area contributed by atoms with E-state index in [4.69, 9.17) is 23.8 Å². The van der Waals surface area contributed by atoms with Gasteiger partial charge in [-0.25, -0.2) is 9.37 Å². The third-order valence-electron chi connectivity index (χ3n) is 4.87. The minimum atomic E-state index is -0.203. The van der Waals surface area contributed by atoms with Gasteiger partial charge in [-0.15, -0.1) is 0 Å². The number of benzene rings is 1. The third-order valence-corrected chi connectivity index (χ3v) is 5.51. The highest BCUT2D eigenvalue weighted by Crippen LogP contribution is 2.40. The number of hydrogen-bond acceptors (Lipinski definition) is 2. The molecule has 1 aliphatic rings. The fraction of sp³-hybridized carbons (Fsp3) is 0.368. The summed E-state index contributed by atoms with van der Waals surface area (Å²) in [7, 11) is 0. The van der Waals surface area contributed by atoms with Gasteiger partial charge in [-0.3, -0.25) is 0 Å². The molecule has 1 aromatic heterocycles. The molecule has 132 valence electrons. The van der Waals surface area contributed by atoms with Gasteiger partial charge in [0.15, 0.2) is 5.11 Å². The van der Waals surface area contributed by atoms with E-state index in [0.717, 1.165) is 25.1 Å². The SMILES string of the molecule is Cc1nc(NC(=S)NCC2(c3ccc(F)cc3)CCCC2)ccc1Cl. The fourth-order valence-corrected chi connectivity index (χ4v) is 3.73. The quantitative estimate of drug-likeness (QED) is 0.737. The fourth-order valence-electron chi connectivity index (χ4n) is 3.45. The van der Waals surface area contributed by atoms with Crippen LogP contribution in [-0.4, -0.2) is 16.6 Å². The normalized spacial score (nSPS) is 15.8. The number of halogens is 2. The van der Waals surface area contributed by atoms with Crippen molar-refractivity contribution in [3.8, 4) is 0 Å². The Bertz CT molecular complexity index is 758. The van der Waals surface area contributed by atoms with Gasteiger partial charge in [0.2, 0.25) is 0 Å². The van der Waals surface area contributed by atoms with Gasteiger partial charge in [-0.2, -0.15) is 0 Å². The molecule has 1 heterocycles. The first-order valence-electron chi connectivity index (χ1n) is 8.43. The predicted molar refractivity (Wildman–Crippen MR) is 105 cm³/mol. The molecule has 3 rings (SSSR count). The number of nitrogens with zero attached hydrogens (tertiary/aromatic N) is 1. The van der Waals surface area contributed by atoms with E-state index in [-0.39, 0.29) is 11.2 Å². The van der Waals surface area contributed by atoms with Gasteiger partial charge in [0.1, 0.15) is 11.6 Å². The zero-order valence-corrected chi connectivity index (χ0v) is 15.7. The van der Waals surface area contributed by atoms with Crippen LogP contribution in [-0.2, 0) is 5.41 Å². The molecule has 3 nitrogen and oxygen atoms in total. The van der Waals surface area contributed by atoms with E-state index >= 15 is 0 Å². The van der Waals surface area contributed by atoms with Crippen LogP contribution in [0.4, 0.5) is 10.2 Å². The monoisotopic (exact) mass is 377 g/mol. The summed E-state index contributed by atoms with van der Waals surface area (Å²) in [4.78, 5) is 4.37. The molecule has 0 unspecified atom stereocenters. The van der Waals surface area contributed by atoms with Crippen molar-refractivity contribution in [1.82, 2.24) is 10.3 Å². The molecular formula is C19H21ClFN3S. The van der Waals surface area contributed by atoms with Crippen LogP contribution in [0.3, 0.4) is 0 Å². The summed E-state index contributed by atoms with van der Waals surface area (Å²) in [5, 5.41) is 7.58. The molecule has 1 aliphatic carbocycles. The lowest BCUT2D eigenvalue weighted by atomic mass is 9.79. The van der Waals surface area contributed by atoms with Gasteiger partial charge >= 0.3 is 0 Å². The zero-order chi connectivity index (χ0) is 17.9. The summed E-state index contributed by atoms with van der Waals surface area (Å²) in [5.74, 6) is 0.466. The number of rotatable bonds is 4. The molecule has 0 amide bonds. The lowest BCUT2D eigenvalue weighted by molar-refractivity contribution is 0.434. The molecule has 2 N–H and O–H groups in total. The summed E-state index contributed by atoms with van der Waals surface area (Å²) in [5.41, 5.74) is 1.93. The molecule has 0 aliphatic heterocycles. The second kappa shape index (κ2) is 7.67. The number of pyridine rings is 1. The number of aromatic nitrogens is 1. The number of aryl methyl sites for hydroxylation is 1. The standard InChI is InChI=1S/C19H21ClFN3S/c1-13-16(20)8-9-17(23-13)24-18(25)22-12-19(10-2-3-11-19)14-4-6-15(21)7-5-14/h4-9H,2-3,10-12H2,1H3,(H2,22,23,24,25). The Morgan fingerprint density at radius 3 is 2.52 bits per heavy atom. The average molecular weight is 378 g/mol. The van der Waals surface area contributed by atoms with Crippen molar-refractivity contribution >= 4 is 34.7 Å². The Balaban J connectivity index is 1.66. The predicted octanol–water partition coefficient (Wildman–Crippen LogP) is 4.98. The maximum Gasteiger partial charge on any atom is 0.171 e. The minimum absolute atomic E-state index is 0.00276. The highest BCUT2D eigenvalue weighted by molar-refractivity contribution is 7.80. The van der Waals surface area contributed by atoms with Gasteiger partial charge in [-0.1, -0.05) is 36.6 Å². The van der Waals surface area contributed by atoms with Crippen LogP contribution in [0.2, 0.25) is 5.02 Å². The van der Waals surface area contributed by atoms with Crippen molar-refractivity contribution in [3.63, 3.8) is 0 Å². The minimum Gasteiger partial charge on any atom is -0.362 e. The molecule has 0 spiro atoms. The van der Waals surface area contributed by atoms with Crippen molar-refractivity contribution in [3.05, 3.63) is 58.5 Å². The van der Waals surface area contributed by atoms with E-state index < -0.39 is 0 Å². The van der Waals surface area contributed by atoms with Crippen molar-refractivity contribution in [2.24, 2.45) is 0 Å². The Labute approximate surface area is 158 Å². The van der Waals surface area contributed by atoms with Gasteiger partial charge in [0.25, 0.3) is 0 Å². The molecule has 0 bridgehead atoms. The first kappa shape index (κ1) is 18.1. The third kappa shape index (κ3) is 4.28. The largest absolute Gasteiger partial charge is 0.362 e. The summed E-state index contributed by atoms with van der Waals surface area (Å²) in [6, 6.07) is 10.4. The smallest absolute Gasteiger partial charge is 0.171 e. The molecule has 2 aromatic rings. The molecule has 25 heavy (non-hydrogen) atoms. The van der Waals surface area contributed by atoms with Crippen LogP contribution in [0.5, 0.6) is 0 Å². The van der Waals surface area contributed by atoms with Gasteiger partial charge in [0.05, 0.1) is 10.7 Å². The summed E-state index contributed by atoms with van der Waals surface area (Å²) in [6.07, 6.45) is 4.51. The number of anilines is 1. The van der Waals surface area contributed by atoms with Crippen LogP contribution in [0, 0.1) is 12.7 Å². The highest BCUT2D eigenvalue weighted by atomic mass is 35.5. The molecule has 1 saturated carbocycles. The maximum atomic E-state index is 13.3. The van der Waals surface area contributed by atoms with Gasteiger partial charge in [-0.05, 0) is 61.8 Å². The van der Waals surface area contributed by atoms with Gasteiger partial charge < -0.3 is 10.6 Å². The van der Waals surface area contributed by atoms with E-state index in [2.05, 4.69) is 15.6 Å². The first-order valence-corrected chi connectivity index (χ1v) is 9.21. The van der Waals surface area contributed by atoms with E-state index in [0.29, 0.717) is 16.0 Å². The van der Waals surface area contributed by atoms with Crippen LogP contribution in [0.15, 0.2) is 36.4 Å². The number of hydrogen-bond donors (Lipinski definition) is 2. The second-order valence-corrected chi connectivity index (χ2v) is 7.38. The Kier molecular flexibility index (Phi) is 5.54. The molecule has 0 atom stereocenters. The van der Waals surface area contributed by atoms with E-state index in [1.165, 1.54) is 30.5 Å². The number of thiocarbonyl (C=S) groups is 1. The van der Waals surface area contributed by atoms with E-state index in [1.54, 1.807) is 12.1 Å². The summed E-state index contributed by atoms with van der Waals surface area (Å²) in [6.45, 7) is 2.57. The maximum absolute atomic E-state index is 13.3. The average Bonchev–Trinajstić information content (AvgIpc) is 3.07. The number of nitrogens with one attached hydrogen (secondary N) is 2. The Hall–Kier alpha value is -1.72. The molecule has 0 radical (unpaired) electrons. The van der Waals surface area contributed by atoms with Crippen LogP contribution in [0.25, 0.3) is 0 Å². The first-order chi connectivity index (χ1) is 12.0. The van der Waals surface area contributed by atoms with Crippen molar-refractivity contribution in [2.75, 3.05) is 11.9 Å². The molecule has 1 fully saturated rings. The van der Waals surface area contributed by atoms with Crippen LogP contribution >= 0.6 is 23.8 Å².